The highest BCUT2D eigenvalue weighted by Gasteiger charge is 2.42. The third kappa shape index (κ3) is 3.77. The number of likely N-dealkylation sites (tertiary alicyclic amines) is 1. The molecule has 1 aromatic carbocycles. The monoisotopic (exact) mass is 332 g/mol. The molecule has 0 radical (unpaired) electrons. The van der Waals surface area contributed by atoms with Gasteiger partial charge in [-0.15, -0.1) is 0 Å². The van der Waals surface area contributed by atoms with Gasteiger partial charge in [0.25, 0.3) is 0 Å². The van der Waals surface area contributed by atoms with Gasteiger partial charge in [0.05, 0.1) is 6.61 Å². The summed E-state index contributed by atoms with van der Waals surface area (Å²) in [6, 6.07) is 8.30. The van der Waals surface area contributed by atoms with Crippen molar-refractivity contribution < 1.29 is 14.3 Å². The van der Waals surface area contributed by atoms with Crippen LogP contribution in [0.5, 0.6) is 5.75 Å². The highest BCUT2D eigenvalue weighted by atomic mass is 16.6. The zero-order chi connectivity index (χ0) is 17.3. The van der Waals surface area contributed by atoms with E-state index in [9.17, 15) is 4.79 Å². The lowest BCUT2D eigenvalue weighted by atomic mass is 10.0. The standard InChI is InChI=1S/C19H28N2O3/c1-5-23-17-8-6-16(7-9-17)20-10-14-12-21(13-15(14)11-20)18(22)24-19(2,3)4/h6-9,14-15H,5,10-13H2,1-4H3. The van der Waals surface area contributed by atoms with E-state index in [2.05, 4.69) is 17.0 Å². The highest BCUT2D eigenvalue weighted by Crippen LogP contribution is 2.35. The molecule has 0 bridgehead atoms. The molecule has 132 valence electrons. The number of rotatable bonds is 3. The van der Waals surface area contributed by atoms with E-state index < -0.39 is 5.60 Å². The second-order valence-electron chi connectivity index (χ2n) is 7.74. The van der Waals surface area contributed by atoms with E-state index in [-0.39, 0.29) is 6.09 Å². The molecule has 3 rings (SSSR count). The maximum Gasteiger partial charge on any atom is 0.410 e. The average molecular weight is 332 g/mol. The minimum absolute atomic E-state index is 0.176. The Hall–Kier alpha value is -1.91. The van der Waals surface area contributed by atoms with E-state index in [1.54, 1.807) is 0 Å². The van der Waals surface area contributed by atoms with Crippen LogP contribution in [0, 0.1) is 11.8 Å². The molecule has 0 saturated carbocycles. The van der Waals surface area contributed by atoms with Gasteiger partial charge in [-0.3, -0.25) is 0 Å². The van der Waals surface area contributed by atoms with Gasteiger partial charge in [0.15, 0.2) is 0 Å². The fourth-order valence-corrected chi connectivity index (χ4v) is 3.60. The Balaban J connectivity index is 1.56. The Kier molecular flexibility index (Phi) is 4.61. The predicted molar refractivity (Wildman–Crippen MR) is 94.6 cm³/mol. The largest absolute Gasteiger partial charge is 0.494 e. The van der Waals surface area contributed by atoms with Gasteiger partial charge in [-0.05, 0) is 52.0 Å². The summed E-state index contributed by atoms with van der Waals surface area (Å²) in [5.41, 5.74) is 0.806. The minimum Gasteiger partial charge on any atom is -0.494 e. The van der Waals surface area contributed by atoms with Crippen molar-refractivity contribution in [2.24, 2.45) is 11.8 Å². The van der Waals surface area contributed by atoms with Crippen LogP contribution >= 0.6 is 0 Å². The van der Waals surface area contributed by atoms with Crippen molar-refractivity contribution >= 4 is 11.8 Å². The first kappa shape index (κ1) is 16.9. The summed E-state index contributed by atoms with van der Waals surface area (Å²) >= 11 is 0. The van der Waals surface area contributed by atoms with Gasteiger partial charge < -0.3 is 19.3 Å². The molecule has 24 heavy (non-hydrogen) atoms. The molecule has 2 aliphatic rings. The van der Waals surface area contributed by atoms with Gasteiger partial charge in [-0.2, -0.15) is 0 Å². The molecule has 0 N–H and O–H groups in total. The maximum atomic E-state index is 12.2. The zero-order valence-electron chi connectivity index (χ0n) is 15.1. The second kappa shape index (κ2) is 6.54. The molecule has 5 nitrogen and oxygen atoms in total. The lowest BCUT2D eigenvalue weighted by molar-refractivity contribution is 0.0282. The number of anilines is 1. The lowest BCUT2D eigenvalue weighted by Crippen LogP contribution is -2.37. The summed E-state index contributed by atoms with van der Waals surface area (Å²) in [5, 5.41) is 0. The Morgan fingerprint density at radius 2 is 1.67 bits per heavy atom. The van der Waals surface area contributed by atoms with Crippen LogP contribution in [0.1, 0.15) is 27.7 Å². The number of carbonyl (C=O) groups excluding carboxylic acids is 1. The van der Waals surface area contributed by atoms with E-state index in [0.29, 0.717) is 18.4 Å². The van der Waals surface area contributed by atoms with Gasteiger partial charge in [-0.25, -0.2) is 4.79 Å². The zero-order valence-corrected chi connectivity index (χ0v) is 15.1. The molecular formula is C19H28N2O3. The van der Waals surface area contributed by atoms with E-state index in [0.717, 1.165) is 31.9 Å². The molecule has 2 saturated heterocycles. The van der Waals surface area contributed by atoms with Crippen LogP contribution in [0.25, 0.3) is 0 Å². The molecule has 2 aliphatic heterocycles. The molecular weight excluding hydrogens is 304 g/mol. The predicted octanol–water partition coefficient (Wildman–Crippen LogP) is 3.39. The fourth-order valence-electron chi connectivity index (χ4n) is 3.60. The normalized spacial score (nSPS) is 23.3. The topological polar surface area (TPSA) is 42.0 Å². The third-order valence-electron chi connectivity index (χ3n) is 4.65. The molecule has 0 aliphatic carbocycles. The van der Waals surface area contributed by atoms with Gasteiger partial charge in [-0.1, -0.05) is 0 Å². The van der Waals surface area contributed by atoms with Crippen molar-refractivity contribution in [2.45, 2.75) is 33.3 Å². The first-order chi connectivity index (χ1) is 11.4. The SMILES string of the molecule is CCOc1ccc(N2CC3CN(C(=O)OC(C)(C)C)CC3C2)cc1. The number of nitrogens with zero attached hydrogens (tertiary/aromatic N) is 2. The lowest BCUT2D eigenvalue weighted by Gasteiger charge is -2.26. The van der Waals surface area contributed by atoms with E-state index in [1.165, 1.54) is 5.69 Å². The van der Waals surface area contributed by atoms with Crippen LogP contribution in [0.15, 0.2) is 24.3 Å². The Labute approximate surface area is 144 Å². The average Bonchev–Trinajstić information content (AvgIpc) is 3.05. The van der Waals surface area contributed by atoms with Gasteiger partial charge in [0.1, 0.15) is 11.4 Å². The summed E-state index contributed by atoms with van der Waals surface area (Å²) in [7, 11) is 0. The summed E-state index contributed by atoms with van der Waals surface area (Å²) in [5.74, 6) is 1.98. The number of benzene rings is 1. The van der Waals surface area contributed by atoms with E-state index in [4.69, 9.17) is 9.47 Å². The van der Waals surface area contributed by atoms with E-state index >= 15 is 0 Å². The first-order valence-electron chi connectivity index (χ1n) is 8.81. The number of hydrogen-bond donors (Lipinski definition) is 0. The molecule has 1 aromatic rings. The maximum absolute atomic E-state index is 12.2. The Bertz CT molecular complexity index is 565. The highest BCUT2D eigenvalue weighted by molar-refractivity contribution is 5.68. The van der Waals surface area contributed by atoms with Crippen molar-refractivity contribution in [2.75, 3.05) is 37.7 Å². The van der Waals surface area contributed by atoms with Crippen molar-refractivity contribution in [3.05, 3.63) is 24.3 Å². The van der Waals surface area contributed by atoms with Crippen LogP contribution in [0.4, 0.5) is 10.5 Å². The van der Waals surface area contributed by atoms with Gasteiger partial charge in [0, 0.05) is 43.7 Å². The number of carbonyl (C=O) groups is 1. The van der Waals surface area contributed by atoms with Gasteiger partial charge in [0.2, 0.25) is 0 Å². The first-order valence-corrected chi connectivity index (χ1v) is 8.81. The second-order valence-corrected chi connectivity index (χ2v) is 7.74. The number of fused-ring (bicyclic) bond motifs is 1. The summed E-state index contributed by atoms with van der Waals surface area (Å²) < 4.78 is 11.0. The Morgan fingerprint density at radius 3 is 2.17 bits per heavy atom. The van der Waals surface area contributed by atoms with Crippen molar-refractivity contribution in [3.63, 3.8) is 0 Å². The number of ether oxygens (including phenoxy) is 2. The van der Waals surface area contributed by atoms with Crippen molar-refractivity contribution in [1.82, 2.24) is 4.90 Å². The van der Waals surface area contributed by atoms with Crippen LogP contribution in [-0.2, 0) is 4.74 Å². The molecule has 2 atom stereocenters. The van der Waals surface area contributed by atoms with Crippen LogP contribution in [0.2, 0.25) is 0 Å². The molecule has 5 heteroatoms. The molecule has 1 amide bonds. The third-order valence-corrected chi connectivity index (χ3v) is 4.65. The number of hydrogen-bond acceptors (Lipinski definition) is 4. The molecule has 2 heterocycles. The smallest absolute Gasteiger partial charge is 0.410 e. The molecule has 0 spiro atoms. The molecule has 0 aromatic heterocycles. The van der Waals surface area contributed by atoms with Crippen LogP contribution in [0.3, 0.4) is 0 Å². The summed E-state index contributed by atoms with van der Waals surface area (Å²) in [6.45, 7) is 12.0. The molecule has 2 unspecified atom stereocenters. The van der Waals surface area contributed by atoms with E-state index in [1.807, 2.05) is 44.7 Å². The Morgan fingerprint density at radius 1 is 1.08 bits per heavy atom. The van der Waals surface area contributed by atoms with Crippen LogP contribution in [-0.4, -0.2) is 49.4 Å². The van der Waals surface area contributed by atoms with Crippen molar-refractivity contribution in [3.8, 4) is 5.75 Å². The fraction of sp³-hybridized carbons (Fsp3) is 0.632. The summed E-state index contributed by atoms with van der Waals surface area (Å²) in [6.07, 6.45) is -0.176. The molecule has 2 fully saturated rings. The number of amides is 1. The minimum atomic E-state index is -0.427. The van der Waals surface area contributed by atoms with Crippen molar-refractivity contribution in [1.29, 1.82) is 0 Å². The van der Waals surface area contributed by atoms with Gasteiger partial charge >= 0.3 is 6.09 Å². The quantitative estimate of drug-likeness (QED) is 0.851. The van der Waals surface area contributed by atoms with Crippen LogP contribution < -0.4 is 9.64 Å². The summed E-state index contributed by atoms with van der Waals surface area (Å²) in [4.78, 5) is 16.5.